The van der Waals surface area contributed by atoms with Crippen LogP contribution in [0.2, 0.25) is 0 Å². The first-order valence-corrected chi connectivity index (χ1v) is 5.24. The molecule has 5 rings (SSSR count). The van der Waals surface area contributed by atoms with Gasteiger partial charge in [0.05, 0.1) is 24.4 Å². The number of rotatable bonds is 0. The molecule has 64 valence electrons. The van der Waals surface area contributed by atoms with Crippen molar-refractivity contribution in [1.29, 1.82) is 0 Å². The quantitative estimate of drug-likeness (QED) is 0.495. The molecule has 2 saturated heterocycles. The maximum absolute atomic E-state index is 5.69. The van der Waals surface area contributed by atoms with Gasteiger partial charge in [-0.1, -0.05) is 0 Å². The Hall–Kier alpha value is -0.0800. The second-order valence-corrected chi connectivity index (χ2v) is 5.24. The molecule has 0 spiro atoms. The van der Waals surface area contributed by atoms with Gasteiger partial charge in [-0.2, -0.15) is 0 Å². The summed E-state index contributed by atoms with van der Waals surface area (Å²) in [5, 5.41) is 0. The first kappa shape index (κ1) is 5.61. The largest absolute Gasteiger partial charge is 0.369 e. The molecule has 3 aliphatic carbocycles. The van der Waals surface area contributed by atoms with Crippen molar-refractivity contribution in [2.75, 3.05) is 0 Å². The molecule has 5 fully saturated rings. The number of fused-ring (bicyclic) bond motifs is 10. The fourth-order valence-corrected chi connectivity index (χ4v) is 4.58. The molecule has 0 aromatic rings. The van der Waals surface area contributed by atoms with Crippen molar-refractivity contribution in [3.8, 4) is 0 Å². The zero-order valence-corrected chi connectivity index (χ0v) is 6.85. The van der Waals surface area contributed by atoms with Crippen LogP contribution in [0.1, 0.15) is 12.8 Å². The summed E-state index contributed by atoms with van der Waals surface area (Å²) >= 11 is 0. The van der Waals surface area contributed by atoms with Gasteiger partial charge >= 0.3 is 0 Å². The normalized spacial score (nSPS) is 80.0. The summed E-state index contributed by atoms with van der Waals surface area (Å²) in [6.07, 6.45) is 5.58. The van der Waals surface area contributed by atoms with Crippen LogP contribution >= 0.6 is 0 Å². The van der Waals surface area contributed by atoms with Gasteiger partial charge in [-0.05, 0) is 36.5 Å². The SMILES string of the molecule is C1C2OC2C2C1[C@H]1C[C@H]2C2OC21. The average Bonchev–Trinajstić information content (AvgIpc) is 2.92. The molecule has 5 aliphatic rings. The summed E-state index contributed by atoms with van der Waals surface area (Å²) in [6, 6.07) is 0. The van der Waals surface area contributed by atoms with E-state index >= 15 is 0 Å². The minimum atomic E-state index is 0.676. The summed E-state index contributed by atoms with van der Waals surface area (Å²) in [5.41, 5.74) is 0. The Labute approximate surface area is 71.2 Å². The van der Waals surface area contributed by atoms with Gasteiger partial charge in [-0.25, -0.2) is 0 Å². The van der Waals surface area contributed by atoms with Gasteiger partial charge in [0.1, 0.15) is 0 Å². The topological polar surface area (TPSA) is 25.1 Å². The van der Waals surface area contributed by atoms with Gasteiger partial charge in [-0.3, -0.25) is 0 Å². The fraction of sp³-hybridized carbons (Fsp3) is 1.00. The van der Waals surface area contributed by atoms with Gasteiger partial charge in [0.25, 0.3) is 0 Å². The third-order valence-electron chi connectivity index (χ3n) is 4.99. The zero-order valence-electron chi connectivity index (χ0n) is 6.85. The van der Waals surface area contributed by atoms with E-state index in [-0.39, 0.29) is 0 Å². The zero-order chi connectivity index (χ0) is 7.45. The third kappa shape index (κ3) is 0.409. The Morgan fingerprint density at radius 3 is 2.67 bits per heavy atom. The highest BCUT2D eigenvalue weighted by Crippen LogP contribution is 2.69. The molecule has 0 aromatic heterocycles. The molecule has 6 unspecified atom stereocenters. The molecular formula is C10H12O2. The standard InChI is InChI=1S/C10H12O2/c1-4-3-2-6-10(11-6)7(3)5(1)9-8(4)12-9/h3-10H,1-2H2/t3?,4-,5-,6?,7?,8?,9?,10?/m1/s1. The number of ether oxygens (including phenoxy) is 2. The molecule has 2 nitrogen and oxygen atoms in total. The second-order valence-electron chi connectivity index (χ2n) is 5.24. The van der Waals surface area contributed by atoms with Gasteiger partial charge in [0.2, 0.25) is 0 Å². The van der Waals surface area contributed by atoms with Crippen molar-refractivity contribution in [2.45, 2.75) is 37.3 Å². The summed E-state index contributed by atoms with van der Waals surface area (Å²) < 4.78 is 11.3. The minimum absolute atomic E-state index is 0.676. The Balaban J connectivity index is 1.66. The Morgan fingerprint density at radius 1 is 0.750 bits per heavy atom. The molecule has 3 saturated carbocycles. The van der Waals surface area contributed by atoms with Gasteiger partial charge < -0.3 is 9.47 Å². The monoisotopic (exact) mass is 164 g/mol. The van der Waals surface area contributed by atoms with E-state index in [1.54, 1.807) is 0 Å². The van der Waals surface area contributed by atoms with Crippen LogP contribution in [0.4, 0.5) is 0 Å². The van der Waals surface area contributed by atoms with Crippen LogP contribution < -0.4 is 0 Å². The summed E-state index contributed by atoms with van der Waals surface area (Å²) in [6.45, 7) is 0. The Morgan fingerprint density at radius 2 is 1.67 bits per heavy atom. The fourth-order valence-electron chi connectivity index (χ4n) is 4.58. The molecule has 2 bridgehead atoms. The molecule has 2 heteroatoms. The lowest BCUT2D eigenvalue weighted by Gasteiger charge is -2.22. The Bertz CT molecular complexity index is 273. The first-order valence-electron chi connectivity index (χ1n) is 5.24. The number of epoxide rings is 2. The predicted molar refractivity (Wildman–Crippen MR) is 40.5 cm³/mol. The van der Waals surface area contributed by atoms with Crippen molar-refractivity contribution in [1.82, 2.24) is 0 Å². The van der Waals surface area contributed by atoms with E-state index < -0.39 is 0 Å². The second kappa shape index (κ2) is 1.38. The summed E-state index contributed by atoms with van der Waals surface area (Å²) in [7, 11) is 0. The van der Waals surface area contributed by atoms with E-state index in [4.69, 9.17) is 9.47 Å². The van der Waals surface area contributed by atoms with Crippen LogP contribution in [0, 0.1) is 23.7 Å². The van der Waals surface area contributed by atoms with Gasteiger partial charge in [0, 0.05) is 0 Å². The molecule has 12 heavy (non-hydrogen) atoms. The summed E-state index contributed by atoms with van der Waals surface area (Å²) in [5.74, 6) is 3.77. The maximum Gasteiger partial charge on any atom is 0.0876 e. The summed E-state index contributed by atoms with van der Waals surface area (Å²) in [4.78, 5) is 0. The number of hydrogen-bond acceptors (Lipinski definition) is 2. The van der Waals surface area contributed by atoms with Crippen LogP contribution in [0.25, 0.3) is 0 Å². The molecule has 0 N–H and O–H groups in total. The number of hydrogen-bond donors (Lipinski definition) is 0. The van der Waals surface area contributed by atoms with E-state index in [1.165, 1.54) is 12.8 Å². The lowest BCUT2D eigenvalue weighted by Crippen LogP contribution is -2.27. The van der Waals surface area contributed by atoms with Crippen LogP contribution in [0.15, 0.2) is 0 Å². The maximum atomic E-state index is 5.69. The molecule has 2 aliphatic heterocycles. The van der Waals surface area contributed by atoms with Crippen LogP contribution in [-0.4, -0.2) is 24.4 Å². The third-order valence-corrected chi connectivity index (χ3v) is 4.99. The minimum Gasteiger partial charge on any atom is -0.369 e. The van der Waals surface area contributed by atoms with Crippen molar-refractivity contribution in [3.05, 3.63) is 0 Å². The Kier molecular flexibility index (Phi) is 0.644. The predicted octanol–water partition coefficient (Wildman–Crippen LogP) is 0.807. The highest BCUT2D eigenvalue weighted by molar-refractivity contribution is 5.21. The van der Waals surface area contributed by atoms with E-state index in [2.05, 4.69) is 0 Å². The average molecular weight is 164 g/mol. The van der Waals surface area contributed by atoms with Crippen LogP contribution in [0.3, 0.4) is 0 Å². The molecular weight excluding hydrogens is 152 g/mol. The van der Waals surface area contributed by atoms with Crippen molar-refractivity contribution in [2.24, 2.45) is 23.7 Å². The van der Waals surface area contributed by atoms with Crippen LogP contribution in [-0.2, 0) is 9.47 Å². The molecule has 0 aromatic carbocycles. The first-order chi connectivity index (χ1) is 5.93. The van der Waals surface area contributed by atoms with Crippen molar-refractivity contribution in [3.63, 3.8) is 0 Å². The van der Waals surface area contributed by atoms with Crippen molar-refractivity contribution < 1.29 is 9.47 Å². The molecule has 0 radical (unpaired) electrons. The molecule has 0 amide bonds. The lowest BCUT2D eigenvalue weighted by atomic mass is 9.81. The molecule has 8 atom stereocenters. The van der Waals surface area contributed by atoms with E-state index in [0.29, 0.717) is 24.4 Å². The molecule has 2 heterocycles. The van der Waals surface area contributed by atoms with Gasteiger partial charge in [-0.15, -0.1) is 0 Å². The van der Waals surface area contributed by atoms with Crippen molar-refractivity contribution >= 4 is 0 Å². The lowest BCUT2D eigenvalue weighted by molar-refractivity contribution is 0.162. The highest BCUT2D eigenvalue weighted by atomic mass is 16.6. The van der Waals surface area contributed by atoms with Gasteiger partial charge in [0.15, 0.2) is 0 Å². The highest BCUT2D eigenvalue weighted by Gasteiger charge is 2.74. The van der Waals surface area contributed by atoms with E-state index in [0.717, 1.165) is 23.7 Å². The van der Waals surface area contributed by atoms with E-state index in [9.17, 15) is 0 Å². The van der Waals surface area contributed by atoms with E-state index in [1.807, 2.05) is 0 Å². The smallest absolute Gasteiger partial charge is 0.0876 e. The van der Waals surface area contributed by atoms with Crippen LogP contribution in [0.5, 0.6) is 0 Å².